The Morgan fingerprint density at radius 3 is 1.51 bits per heavy atom. The molecule has 8 unspecified atom stereocenters. The molecule has 0 aromatic heterocycles. The third kappa shape index (κ3) is 7.83. The number of esters is 3. The van der Waals surface area contributed by atoms with Crippen molar-refractivity contribution in [1.82, 2.24) is 0 Å². The number of aliphatic hydroxyl groups is 2. The average molecular weight is 862 g/mol. The van der Waals surface area contributed by atoms with Gasteiger partial charge in [-0.15, -0.1) is 0 Å². The number of fused-ring (bicyclic) bond motifs is 1. The molecule has 328 valence electrons. The highest BCUT2D eigenvalue weighted by atomic mass is 19.4. The monoisotopic (exact) mass is 861 g/mol. The highest BCUT2D eigenvalue weighted by Crippen LogP contribution is 2.63. The topological polar surface area (TPSA) is 143 Å². The van der Waals surface area contributed by atoms with Gasteiger partial charge in [-0.25, -0.2) is 0 Å². The number of ether oxygens (including phenoxy) is 3. The van der Waals surface area contributed by atoms with Crippen molar-refractivity contribution in [2.24, 2.45) is 39.9 Å². The van der Waals surface area contributed by atoms with E-state index in [-0.39, 0.29) is 18.8 Å². The molecule has 0 amide bonds. The zero-order chi connectivity index (χ0) is 44.6. The molecule has 57 heavy (non-hydrogen) atoms. The Balaban J connectivity index is 0.000000326. The summed E-state index contributed by atoms with van der Waals surface area (Å²) >= 11 is 0. The van der Waals surface area contributed by atoms with Gasteiger partial charge in [0, 0.05) is 23.7 Å². The van der Waals surface area contributed by atoms with Crippen molar-refractivity contribution in [1.29, 1.82) is 5.26 Å². The van der Waals surface area contributed by atoms with E-state index in [1.54, 1.807) is 0 Å². The Morgan fingerprint density at radius 2 is 1.16 bits per heavy atom. The normalized spacial score (nSPS) is 30.8. The fourth-order valence-electron chi connectivity index (χ4n) is 7.75. The first-order valence-corrected chi connectivity index (χ1v) is 17.2. The van der Waals surface area contributed by atoms with E-state index in [0.29, 0.717) is 6.42 Å². The molecule has 0 aromatic rings. The lowest BCUT2D eigenvalue weighted by Crippen LogP contribution is -2.67. The maximum Gasteiger partial charge on any atom is 0.426 e. The predicted molar refractivity (Wildman–Crippen MR) is 157 cm³/mol. The van der Waals surface area contributed by atoms with Gasteiger partial charge in [0.1, 0.15) is 18.3 Å². The highest BCUT2D eigenvalue weighted by molar-refractivity contribution is 5.85. The van der Waals surface area contributed by atoms with E-state index in [0.717, 1.165) is 6.92 Å². The van der Waals surface area contributed by atoms with E-state index >= 15 is 0 Å². The molecule has 2 N–H and O–H groups in total. The van der Waals surface area contributed by atoms with Crippen molar-refractivity contribution in [2.75, 3.05) is 0 Å². The van der Waals surface area contributed by atoms with Gasteiger partial charge in [-0.2, -0.15) is 71.1 Å². The number of hydrogen-bond acceptors (Lipinski definition) is 9. The third-order valence-corrected chi connectivity index (χ3v) is 12.1. The molecule has 0 radical (unpaired) electrons. The van der Waals surface area contributed by atoms with Gasteiger partial charge in [0.25, 0.3) is 11.2 Å². The van der Waals surface area contributed by atoms with E-state index < -0.39 is 138 Å². The summed E-state index contributed by atoms with van der Waals surface area (Å²) in [5.74, 6) is -10.8. The molecule has 0 spiro atoms. The second-order valence-electron chi connectivity index (χ2n) is 15.7. The summed E-state index contributed by atoms with van der Waals surface area (Å²) in [6, 6.07) is 1.99. The van der Waals surface area contributed by atoms with Gasteiger partial charge in [-0.3, -0.25) is 14.4 Å². The van der Waals surface area contributed by atoms with Crippen molar-refractivity contribution in [3.05, 3.63) is 0 Å². The molecular formula is C33H38F15NO8. The second-order valence-corrected chi connectivity index (χ2v) is 15.7. The molecule has 2 bridgehead atoms. The van der Waals surface area contributed by atoms with Gasteiger partial charge >= 0.3 is 48.8 Å². The van der Waals surface area contributed by atoms with Gasteiger partial charge in [-0.05, 0) is 65.7 Å². The third-order valence-electron chi connectivity index (χ3n) is 12.1. The van der Waals surface area contributed by atoms with Crippen LogP contribution in [0.5, 0.6) is 0 Å². The minimum Gasteiger partial charge on any atom is -0.462 e. The van der Waals surface area contributed by atoms with Crippen LogP contribution in [0.4, 0.5) is 65.9 Å². The first-order valence-electron chi connectivity index (χ1n) is 17.2. The fraction of sp³-hybridized carbons (Fsp3) is 0.879. The van der Waals surface area contributed by atoms with E-state index in [1.807, 2.05) is 6.07 Å². The number of carbonyl (C=O) groups excluding carboxylic acids is 3. The molecule has 4 fully saturated rings. The summed E-state index contributed by atoms with van der Waals surface area (Å²) in [5.41, 5.74) is -16.7. The summed E-state index contributed by atoms with van der Waals surface area (Å²) in [7, 11) is 0. The van der Waals surface area contributed by atoms with Crippen molar-refractivity contribution >= 4 is 17.9 Å². The van der Waals surface area contributed by atoms with Crippen LogP contribution in [-0.2, 0) is 28.6 Å². The number of hydrogen-bond donors (Lipinski definition) is 2. The summed E-state index contributed by atoms with van der Waals surface area (Å²) in [5, 5.41) is 28.5. The van der Waals surface area contributed by atoms with Crippen LogP contribution in [-0.4, -0.2) is 88.5 Å². The number of nitriles is 1. The summed E-state index contributed by atoms with van der Waals surface area (Å²) < 4.78 is 214. The average Bonchev–Trinajstić information content (AvgIpc) is 3.66. The van der Waals surface area contributed by atoms with Crippen LogP contribution in [0.1, 0.15) is 79.6 Å². The number of carbonyl (C=O) groups is 3. The maximum atomic E-state index is 13.3. The quantitative estimate of drug-likeness (QED) is 0.142. The Hall–Kier alpha value is -3.23. The van der Waals surface area contributed by atoms with Gasteiger partial charge in [-0.1, -0.05) is 13.8 Å². The number of nitrogens with zero attached hydrogens (tertiary/aromatic N) is 1. The largest absolute Gasteiger partial charge is 0.462 e. The molecule has 4 aliphatic rings. The van der Waals surface area contributed by atoms with Crippen molar-refractivity contribution in [3.63, 3.8) is 0 Å². The zero-order valence-corrected chi connectivity index (χ0v) is 30.5. The first kappa shape index (κ1) is 48.1. The second kappa shape index (κ2) is 14.8. The Bertz CT molecular complexity index is 1510. The van der Waals surface area contributed by atoms with Crippen LogP contribution in [0.25, 0.3) is 0 Å². The van der Waals surface area contributed by atoms with E-state index in [2.05, 4.69) is 0 Å². The summed E-state index contributed by atoms with van der Waals surface area (Å²) in [4.78, 5) is 36.3. The molecule has 3 aliphatic carbocycles. The molecule has 4 rings (SSSR count). The molecule has 9 nitrogen and oxygen atoms in total. The molecule has 8 atom stereocenters. The van der Waals surface area contributed by atoms with Crippen molar-refractivity contribution in [2.45, 2.75) is 140 Å². The highest BCUT2D eigenvalue weighted by Gasteiger charge is 2.79. The van der Waals surface area contributed by atoms with E-state index in [9.17, 15) is 95.7 Å². The number of alkyl halides is 15. The van der Waals surface area contributed by atoms with Crippen LogP contribution in [0.15, 0.2) is 0 Å². The Morgan fingerprint density at radius 1 is 0.719 bits per heavy atom. The summed E-state index contributed by atoms with van der Waals surface area (Å²) in [6.07, 6.45) is -40.2. The van der Waals surface area contributed by atoms with Crippen LogP contribution in [0.3, 0.4) is 0 Å². The lowest BCUT2D eigenvalue weighted by atomic mass is 9.65. The van der Waals surface area contributed by atoms with Crippen LogP contribution in [0, 0.1) is 51.2 Å². The van der Waals surface area contributed by atoms with Crippen molar-refractivity contribution < 1.29 is 105 Å². The fourth-order valence-corrected chi connectivity index (χ4v) is 7.75. The van der Waals surface area contributed by atoms with Crippen LogP contribution < -0.4 is 0 Å². The molecule has 0 aromatic carbocycles. The molecule has 1 saturated heterocycles. The lowest BCUT2D eigenvalue weighted by molar-refractivity contribution is -0.405. The predicted octanol–water partition coefficient (Wildman–Crippen LogP) is 7.81. The molecule has 1 aliphatic heterocycles. The molecule has 1 heterocycles. The number of halogens is 15. The van der Waals surface area contributed by atoms with Gasteiger partial charge in [0.05, 0.1) is 11.5 Å². The molecular weight excluding hydrogens is 823 g/mol. The zero-order valence-electron chi connectivity index (χ0n) is 30.5. The standard InChI is InChI=1S/C18H22F12O4.C15H16F3NO4/c1-4-12(2,3)11(31)34-10-6-8(13(32,15(19,20)21)16(22,23)24)5-9(7-10)14(33,17(25,26)27)18(28,29)30;1-3-13(2,15(16,17)18)11(20)22-9-7-4-8-10(9)23-12(21)14(8,5-7)6-19/h8-10,32-33H,4-7H2,1-3H3;7-10H,3-5H2,1-2H3. The molecule has 3 saturated carbocycles. The minimum absolute atomic E-state index is 0.0184. The first-order chi connectivity index (χ1) is 25.4. The SMILES string of the molecule is CCC(C)(C(=O)OC1C2CC3C1OC(=O)C3(C#N)C2)C(F)(F)F.CCC(C)(C)C(=O)OC1CC(C(O)(C(F)(F)F)C(F)(F)F)CC(C(O)(C(F)(F)F)C(F)(F)F)C1. The number of rotatable bonds is 8. The van der Waals surface area contributed by atoms with Gasteiger partial charge < -0.3 is 24.4 Å². The van der Waals surface area contributed by atoms with Crippen LogP contribution in [0.2, 0.25) is 0 Å². The van der Waals surface area contributed by atoms with E-state index in [4.69, 9.17) is 14.2 Å². The van der Waals surface area contributed by atoms with E-state index in [1.165, 1.54) is 27.7 Å². The van der Waals surface area contributed by atoms with Crippen molar-refractivity contribution in [3.8, 4) is 6.07 Å². The van der Waals surface area contributed by atoms with Gasteiger partial charge in [0.15, 0.2) is 10.8 Å². The lowest BCUT2D eigenvalue weighted by Gasteiger charge is -2.48. The Kier molecular flexibility index (Phi) is 12.5. The maximum absolute atomic E-state index is 13.3. The minimum atomic E-state index is -6.58. The van der Waals surface area contributed by atoms with Gasteiger partial charge in [0.2, 0.25) is 0 Å². The molecule has 24 heteroatoms. The Labute approximate surface area is 314 Å². The summed E-state index contributed by atoms with van der Waals surface area (Å²) in [6.45, 7) is 5.90. The van der Waals surface area contributed by atoms with Crippen LogP contribution >= 0.6 is 0 Å². The smallest absolute Gasteiger partial charge is 0.426 e.